The second kappa shape index (κ2) is 11.2. The van der Waals surface area contributed by atoms with Crippen molar-refractivity contribution in [1.82, 2.24) is 9.47 Å². The Labute approximate surface area is 248 Å². The van der Waals surface area contributed by atoms with Gasteiger partial charge in [-0.05, 0) is 42.0 Å². The van der Waals surface area contributed by atoms with Gasteiger partial charge in [-0.2, -0.15) is 0 Å². The lowest BCUT2D eigenvalue weighted by Crippen LogP contribution is -2.43. The smallest absolute Gasteiger partial charge is 0.308 e. The van der Waals surface area contributed by atoms with Crippen molar-refractivity contribution in [3.8, 4) is 11.5 Å². The maximum atomic E-state index is 14.0. The molecule has 6 rings (SSSR count). The third kappa shape index (κ3) is 4.82. The van der Waals surface area contributed by atoms with E-state index in [9.17, 15) is 19.2 Å². The van der Waals surface area contributed by atoms with Gasteiger partial charge in [0.1, 0.15) is 11.8 Å². The van der Waals surface area contributed by atoms with Gasteiger partial charge in [0.05, 0.1) is 44.1 Å². The van der Waals surface area contributed by atoms with Crippen molar-refractivity contribution in [3.05, 3.63) is 67.6 Å². The maximum absolute atomic E-state index is 14.0. The number of benzene rings is 2. The minimum Gasteiger partial charge on any atom is -0.493 e. The Morgan fingerprint density at radius 3 is 2.39 bits per heavy atom. The summed E-state index contributed by atoms with van der Waals surface area (Å²) in [5.41, 5.74) is 1.12. The first-order chi connectivity index (χ1) is 19.8. The van der Waals surface area contributed by atoms with Crippen LogP contribution in [-0.4, -0.2) is 73.0 Å². The largest absolute Gasteiger partial charge is 0.493 e. The number of amides is 3. The van der Waals surface area contributed by atoms with Gasteiger partial charge in [-0.3, -0.25) is 23.7 Å². The number of ether oxygens (including phenoxy) is 3. The fraction of sp³-hybridized carbons (Fsp3) is 0.357. The molecule has 3 aromatic rings. The Morgan fingerprint density at radius 1 is 1.00 bits per heavy atom. The van der Waals surface area contributed by atoms with Crippen molar-refractivity contribution in [1.29, 1.82) is 0 Å². The molecule has 10 nitrogen and oxygen atoms in total. The van der Waals surface area contributed by atoms with Gasteiger partial charge in [0, 0.05) is 28.9 Å². The first-order valence-corrected chi connectivity index (χ1v) is 15.0. The van der Waals surface area contributed by atoms with Crippen molar-refractivity contribution in [2.75, 3.05) is 45.4 Å². The van der Waals surface area contributed by atoms with Crippen LogP contribution < -0.4 is 19.2 Å². The highest BCUT2D eigenvalue weighted by atomic mass is 35.5. The van der Waals surface area contributed by atoms with Crippen molar-refractivity contribution >= 4 is 58.1 Å². The quantitative estimate of drug-likeness (QED) is 0.389. The number of thiazole rings is 1. The van der Waals surface area contributed by atoms with E-state index in [0.717, 1.165) is 11.3 Å². The average Bonchev–Trinajstić information content (AvgIpc) is 3.43. The zero-order valence-corrected chi connectivity index (χ0v) is 24.6. The molecule has 2 saturated heterocycles. The maximum Gasteiger partial charge on any atom is 0.308 e. The zero-order chi connectivity index (χ0) is 28.8. The highest BCUT2D eigenvalue weighted by Crippen LogP contribution is 2.54. The summed E-state index contributed by atoms with van der Waals surface area (Å²) in [4.78, 5) is 57.6. The average molecular weight is 616 g/mol. The van der Waals surface area contributed by atoms with Crippen LogP contribution in [0.1, 0.15) is 16.4 Å². The molecule has 3 atom stereocenters. The van der Waals surface area contributed by atoms with Gasteiger partial charge in [-0.1, -0.05) is 40.8 Å². The minimum absolute atomic E-state index is 0.156. The van der Waals surface area contributed by atoms with E-state index >= 15 is 0 Å². The molecule has 0 N–H and O–H groups in total. The molecule has 0 unspecified atom stereocenters. The second-order valence-electron chi connectivity index (χ2n) is 9.76. The number of anilines is 1. The summed E-state index contributed by atoms with van der Waals surface area (Å²) >= 11 is 8.24. The fourth-order valence-electron chi connectivity index (χ4n) is 5.55. The van der Waals surface area contributed by atoms with Crippen LogP contribution in [0.3, 0.4) is 0 Å². The van der Waals surface area contributed by atoms with Gasteiger partial charge in [0.2, 0.25) is 17.7 Å². The number of aromatic nitrogens is 1. The lowest BCUT2D eigenvalue weighted by molar-refractivity contribution is -0.136. The zero-order valence-electron chi connectivity index (χ0n) is 22.2. The molecule has 214 valence electrons. The number of carbonyl (C=O) groups is 3. The van der Waals surface area contributed by atoms with Crippen molar-refractivity contribution in [3.63, 3.8) is 0 Å². The normalized spacial score (nSPS) is 22.0. The van der Waals surface area contributed by atoms with Gasteiger partial charge in [-0.15, -0.1) is 0 Å². The van der Waals surface area contributed by atoms with E-state index in [1.807, 2.05) is 6.07 Å². The Balaban J connectivity index is 1.46. The Hall–Kier alpha value is -3.32. The summed E-state index contributed by atoms with van der Waals surface area (Å²) < 4.78 is 17.7. The van der Waals surface area contributed by atoms with E-state index in [-0.39, 0.29) is 29.1 Å². The second-order valence-corrected chi connectivity index (χ2v) is 12.3. The first-order valence-electron chi connectivity index (χ1n) is 12.9. The Bertz CT molecular complexity index is 1580. The molecule has 3 amide bonds. The number of carbonyl (C=O) groups excluding carboxylic acids is 3. The van der Waals surface area contributed by atoms with Crippen LogP contribution in [0.15, 0.2) is 52.3 Å². The Morgan fingerprint density at radius 2 is 1.71 bits per heavy atom. The van der Waals surface area contributed by atoms with Crippen LogP contribution in [-0.2, 0) is 25.7 Å². The van der Waals surface area contributed by atoms with Gasteiger partial charge in [0.25, 0.3) is 0 Å². The standard InChI is InChI=1S/C28H26ClN3O7S2/c1-37-18-8-3-15(13-19(18)38-2)21-22-23(26(35)32(25(22)34)17-6-4-16(29)5-7-17)40-27-24(21)41-28(36)31(27)14-20(33)30-9-11-39-12-10-30/h3-8,13,21-23H,9-12,14H2,1-2H3/t21-,22+,23-/m0/s1. The van der Waals surface area contributed by atoms with Crippen LogP contribution in [0.2, 0.25) is 5.02 Å². The summed E-state index contributed by atoms with van der Waals surface area (Å²) in [6.45, 7) is 1.64. The molecule has 0 radical (unpaired) electrons. The van der Waals surface area contributed by atoms with Crippen LogP contribution in [0.25, 0.3) is 0 Å². The molecule has 3 aliphatic heterocycles. The summed E-state index contributed by atoms with van der Waals surface area (Å²) in [5.74, 6) is -1.38. The van der Waals surface area contributed by atoms with E-state index in [4.69, 9.17) is 25.8 Å². The first kappa shape index (κ1) is 27.8. The van der Waals surface area contributed by atoms with Crippen molar-refractivity contribution in [2.45, 2.75) is 22.7 Å². The number of fused-ring (bicyclic) bond motifs is 2. The number of hydrogen-bond acceptors (Lipinski definition) is 9. The van der Waals surface area contributed by atoms with Gasteiger partial charge in [-0.25, -0.2) is 4.90 Å². The highest BCUT2D eigenvalue weighted by Gasteiger charge is 2.57. The third-order valence-corrected chi connectivity index (χ3v) is 10.4. The molecule has 41 heavy (non-hydrogen) atoms. The number of halogens is 1. The van der Waals surface area contributed by atoms with Crippen LogP contribution in [0, 0.1) is 5.92 Å². The Kier molecular flexibility index (Phi) is 7.58. The predicted octanol–water partition coefficient (Wildman–Crippen LogP) is 3.24. The summed E-state index contributed by atoms with van der Waals surface area (Å²) in [5, 5.41) is 0.211. The van der Waals surface area contributed by atoms with E-state index in [2.05, 4.69) is 0 Å². The number of rotatable bonds is 6. The number of imide groups is 1. The molecule has 4 heterocycles. The molecule has 13 heteroatoms. The summed E-state index contributed by atoms with van der Waals surface area (Å²) in [6, 6.07) is 11.9. The molecule has 2 aromatic carbocycles. The fourth-order valence-corrected chi connectivity index (χ4v) is 8.45. The third-order valence-electron chi connectivity index (χ3n) is 7.56. The lowest BCUT2D eigenvalue weighted by atomic mass is 9.83. The number of morpholine rings is 1. The number of thioether (sulfide) groups is 1. The molecule has 1 aromatic heterocycles. The molecule has 3 aliphatic rings. The summed E-state index contributed by atoms with van der Waals surface area (Å²) in [6.07, 6.45) is 0. The molecule has 2 fully saturated rings. The van der Waals surface area contributed by atoms with E-state index in [1.165, 1.54) is 35.4 Å². The van der Waals surface area contributed by atoms with E-state index < -0.39 is 17.1 Å². The minimum atomic E-state index is -0.803. The SMILES string of the molecule is COc1ccc([C@@H]2c3sc(=O)n(CC(=O)N4CCOCC4)c3S[C@@H]3C(=O)N(c4ccc(Cl)cc4)C(=O)[C@H]23)cc1OC. The number of methoxy groups -OCH3 is 2. The summed E-state index contributed by atoms with van der Waals surface area (Å²) in [7, 11) is 3.05. The predicted molar refractivity (Wildman–Crippen MR) is 154 cm³/mol. The molecule has 0 spiro atoms. The monoisotopic (exact) mass is 615 g/mol. The van der Waals surface area contributed by atoms with Crippen LogP contribution >= 0.6 is 34.7 Å². The number of nitrogens with zero attached hydrogens (tertiary/aromatic N) is 3. The van der Waals surface area contributed by atoms with Gasteiger partial charge >= 0.3 is 4.87 Å². The van der Waals surface area contributed by atoms with Gasteiger partial charge in [0.15, 0.2) is 11.5 Å². The highest BCUT2D eigenvalue weighted by molar-refractivity contribution is 8.00. The number of hydrogen-bond donors (Lipinski definition) is 0. The molecule has 0 saturated carbocycles. The lowest BCUT2D eigenvalue weighted by Gasteiger charge is -2.31. The van der Waals surface area contributed by atoms with E-state index in [0.29, 0.717) is 64.0 Å². The van der Waals surface area contributed by atoms with Crippen molar-refractivity contribution in [2.24, 2.45) is 5.92 Å². The van der Waals surface area contributed by atoms with Crippen LogP contribution in [0.4, 0.5) is 5.69 Å². The molecule has 0 aliphatic carbocycles. The van der Waals surface area contributed by atoms with E-state index in [1.54, 1.807) is 41.3 Å². The van der Waals surface area contributed by atoms with Crippen molar-refractivity contribution < 1.29 is 28.6 Å². The molecular formula is C28H26ClN3O7S2. The topological polar surface area (TPSA) is 107 Å². The molecule has 0 bridgehead atoms. The van der Waals surface area contributed by atoms with Crippen LogP contribution in [0.5, 0.6) is 11.5 Å². The molecular weight excluding hydrogens is 590 g/mol. The van der Waals surface area contributed by atoms with Gasteiger partial charge < -0.3 is 19.1 Å².